The van der Waals surface area contributed by atoms with Crippen LogP contribution in [-0.2, 0) is 17.2 Å². The van der Waals surface area contributed by atoms with Crippen molar-refractivity contribution < 1.29 is 17.9 Å². The fourth-order valence-corrected chi connectivity index (χ4v) is 6.39. The lowest BCUT2D eigenvalue weighted by Gasteiger charge is -2.70. The molecule has 7 rings (SSSR count). The first-order chi connectivity index (χ1) is 16.9. The summed E-state index contributed by atoms with van der Waals surface area (Å²) in [6.07, 6.45) is -1.38. The number of aryl methyl sites for hydroxylation is 2. The maximum atomic E-state index is 13.6. The van der Waals surface area contributed by atoms with Crippen LogP contribution in [0.4, 0.5) is 13.2 Å². The second kappa shape index (κ2) is 7.50. The van der Waals surface area contributed by atoms with E-state index in [1.54, 1.807) is 33.2 Å². The lowest BCUT2D eigenvalue weighted by atomic mass is 9.33. The molecule has 0 radical (unpaired) electrons. The maximum Gasteiger partial charge on any atom is 0.394 e. The van der Waals surface area contributed by atoms with Gasteiger partial charge in [0, 0.05) is 54.1 Å². The van der Waals surface area contributed by atoms with Gasteiger partial charge in [0.15, 0.2) is 5.65 Å². The fraction of sp³-hybridized carbons (Fsp3) is 0.538. The van der Waals surface area contributed by atoms with Gasteiger partial charge in [-0.15, -0.1) is 0 Å². The van der Waals surface area contributed by atoms with Crippen molar-refractivity contribution >= 4 is 5.65 Å². The summed E-state index contributed by atoms with van der Waals surface area (Å²) >= 11 is 0. The van der Waals surface area contributed by atoms with E-state index in [4.69, 9.17) is 4.74 Å². The average molecular weight is 501 g/mol. The van der Waals surface area contributed by atoms with Gasteiger partial charge in [0.2, 0.25) is 5.56 Å². The van der Waals surface area contributed by atoms with Crippen LogP contribution in [0.15, 0.2) is 34.0 Å². The Kier molecular flexibility index (Phi) is 4.88. The molecule has 190 valence electrons. The summed E-state index contributed by atoms with van der Waals surface area (Å²) in [4.78, 5) is 29.6. The van der Waals surface area contributed by atoms with Gasteiger partial charge < -0.3 is 9.30 Å². The van der Waals surface area contributed by atoms with Crippen molar-refractivity contribution in [3.63, 3.8) is 0 Å². The minimum Gasteiger partial charge on any atom is -0.373 e. The Morgan fingerprint density at radius 3 is 2.53 bits per heavy atom. The maximum absolute atomic E-state index is 13.6. The van der Waals surface area contributed by atoms with Gasteiger partial charge in [-0.25, -0.2) is 4.98 Å². The van der Waals surface area contributed by atoms with Gasteiger partial charge in [0.1, 0.15) is 0 Å². The molecule has 10 heteroatoms. The highest BCUT2D eigenvalue weighted by atomic mass is 19.4. The molecule has 36 heavy (non-hydrogen) atoms. The number of hydrogen-bond donors (Lipinski definition) is 0. The van der Waals surface area contributed by atoms with Crippen molar-refractivity contribution in [2.24, 2.45) is 12.5 Å². The summed E-state index contributed by atoms with van der Waals surface area (Å²) in [6.45, 7) is 3.90. The van der Waals surface area contributed by atoms with E-state index in [2.05, 4.69) is 10.1 Å². The molecule has 3 aliphatic carbocycles. The van der Waals surface area contributed by atoms with Crippen LogP contribution in [0.1, 0.15) is 72.2 Å². The summed E-state index contributed by atoms with van der Waals surface area (Å²) in [5.41, 5.74) is 1.01. The highest BCUT2D eigenvalue weighted by molar-refractivity contribution is 5.57. The van der Waals surface area contributed by atoms with Crippen LogP contribution < -0.4 is 11.1 Å². The number of alkyl halides is 3. The lowest BCUT2D eigenvalue weighted by molar-refractivity contribution is -0.336. The number of fused-ring (bicyclic) bond motifs is 1. The van der Waals surface area contributed by atoms with E-state index in [1.165, 1.54) is 15.1 Å². The molecule has 0 aromatic carbocycles. The Morgan fingerprint density at radius 1 is 1.14 bits per heavy atom. The van der Waals surface area contributed by atoms with Crippen molar-refractivity contribution in [2.75, 3.05) is 6.61 Å². The summed E-state index contributed by atoms with van der Waals surface area (Å²) in [7, 11) is 1.69. The molecule has 2 atom stereocenters. The Balaban J connectivity index is 1.42. The smallest absolute Gasteiger partial charge is 0.373 e. The predicted molar refractivity (Wildman–Crippen MR) is 125 cm³/mol. The first-order valence-electron chi connectivity index (χ1n) is 12.2. The van der Waals surface area contributed by atoms with E-state index in [0.29, 0.717) is 47.6 Å². The molecule has 3 saturated carbocycles. The third-order valence-corrected chi connectivity index (χ3v) is 8.66. The quantitative estimate of drug-likeness (QED) is 0.543. The first kappa shape index (κ1) is 23.4. The molecule has 0 unspecified atom stereocenters. The normalized spacial score (nSPS) is 29.6. The zero-order valence-corrected chi connectivity index (χ0v) is 20.4. The highest BCUT2D eigenvalue weighted by Gasteiger charge is 2.79. The van der Waals surface area contributed by atoms with Crippen LogP contribution in [0.2, 0.25) is 0 Å². The van der Waals surface area contributed by atoms with E-state index in [9.17, 15) is 22.8 Å². The topological polar surface area (TPSA) is 78.5 Å². The number of aromatic nitrogens is 4. The van der Waals surface area contributed by atoms with E-state index >= 15 is 0 Å². The summed E-state index contributed by atoms with van der Waals surface area (Å²) < 4.78 is 49.6. The van der Waals surface area contributed by atoms with Crippen LogP contribution in [0.5, 0.6) is 0 Å². The van der Waals surface area contributed by atoms with E-state index < -0.39 is 17.0 Å². The van der Waals surface area contributed by atoms with Gasteiger partial charge in [-0.1, -0.05) is 0 Å². The summed E-state index contributed by atoms with van der Waals surface area (Å²) in [5.74, 6) is -0.0541. The molecular formula is C26H27F3N4O3. The number of ether oxygens (including phenoxy) is 1. The first-order valence-corrected chi connectivity index (χ1v) is 12.2. The van der Waals surface area contributed by atoms with Gasteiger partial charge in [-0.05, 0) is 63.6 Å². The molecule has 0 spiro atoms. The second-order valence-electron chi connectivity index (χ2n) is 10.9. The predicted octanol–water partition coefficient (Wildman–Crippen LogP) is 4.02. The Morgan fingerprint density at radius 2 is 1.86 bits per heavy atom. The zero-order chi connectivity index (χ0) is 25.6. The number of halogens is 3. The van der Waals surface area contributed by atoms with E-state index in [0.717, 1.165) is 5.56 Å². The van der Waals surface area contributed by atoms with Gasteiger partial charge >= 0.3 is 6.18 Å². The molecule has 4 aliphatic rings. The largest absolute Gasteiger partial charge is 0.394 e. The van der Waals surface area contributed by atoms with Gasteiger partial charge in [-0.3, -0.25) is 9.59 Å². The number of hydrogen-bond acceptors (Lipinski definition) is 5. The van der Waals surface area contributed by atoms with Gasteiger partial charge in [0.25, 0.3) is 5.56 Å². The molecule has 0 amide bonds. The van der Waals surface area contributed by atoms with Crippen LogP contribution >= 0.6 is 0 Å². The number of nitrogens with zero attached hydrogens (tertiary/aromatic N) is 4. The van der Waals surface area contributed by atoms with Crippen molar-refractivity contribution in [3.05, 3.63) is 73.2 Å². The average Bonchev–Trinajstić information content (AvgIpc) is 2.77. The third kappa shape index (κ3) is 3.22. The minimum absolute atomic E-state index is 0.0276. The lowest BCUT2D eigenvalue weighted by Crippen LogP contribution is -2.70. The minimum atomic E-state index is -4.22. The third-order valence-electron chi connectivity index (χ3n) is 8.66. The molecule has 4 heterocycles. The molecule has 3 aromatic heterocycles. The van der Waals surface area contributed by atoms with Crippen molar-refractivity contribution in [1.29, 1.82) is 0 Å². The Labute approximate surface area is 204 Å². The molecular weight excluding hydrogens is 473 g/mol. The molecule has 3 aromatic rings. The standard InChI is InChI=1S/C26H27F3N4O3/c1-14-15(2)30-22-18(24-11-25(12-24,13-24)26(27,28)29)9-19(31-33(22)23(14)35)16-6-7-36-20(8-16)17-4-5-21(34)32(3)10-17/h4-5,9-10,16,20H,6-8,11-13H2,1-3H3/t16-,20+,24?,25?/m0/s1. The van der Waals surface area contributed by atoms with Crippen LogP contribution in [0, 0.1) is 19.3 Å². The second-order valence-corrected chi connectivity index (χ2v) is 10.9. The summed E-state index contributed by atoms with van der Waals surface area (Å²) in [5, 5.41) is 4.68. The monoisotopic (exact) mass is 500 g/mol. The molecule has 4 fully saturated rings. The van der Waals surface area contributed by atoms with Crippen LogP contribution in [0.3, 0.4) is 0 Å². The Hall–Kier alpha value is -3.01. The molecule has 2 bridgehead atoms. The van der Waals surface area contributed by atoms with Crippen molar-refractivity contribution in [3.8, 4) is 0 Å². The summed E-state index contributed by atoms with van der Waals surface area (Å²) in [6, 6.07) is 5.15. The molecule has 7 nitrogen and oxygen atoms in total. The molecule has 1 saturated heterocycles. The Bertz CT molecular complexity index is 1500. The fourth-order valence-electron chi connectivity index (χ4n) is 6.39. The van der Waals surface area contributed by atoms with Crippen LogP contribution in [0.25, 0.3) is 5.65 Å². The van der Waals surface area contributed by atoms with Crippen molar-refractivity contribution in [1.82, 2.24) is 19.2 Å². The molecule has 0 N–H and O–H groups in total. The van der Waals surface area contributed by atoms with Crippen LogP contribution in [-0.4, -0.2) is 31.9 Å². The molecule has 1 aliphatic heterocycles. The highest BCUT2D eigenvalue weighted by Crippen LogP contribution is 2.78. The SMILES string of the molecule is Cc1nc2c(C34CC(C(F)(F)F)(C3)C4)cc([C@H]3CCO[C@@H](c4ccc(=O)n(C)c4)C3)nn2c(=O)c1C. The number of rotatable bonds is 3. The van der Waals surface area contributed by atoms with Crippen molar-refractivity contribution in [2.45, 2.75) is 69.6 Å². The van der Waals surface area contributed by atoms with E-state index in [1.807, 2.05) is 6.07 Å². The van der Waals surface area contributed by atoms with Gasteiger partial charge in [0.05, 0.1) is 17.2 Å². The van der Waals surface area contributed by atoms with Gasteiger partial charge in [-0.2, -0.15) is 22.8 Å². The number of pyridine rings is 1. The zero-order valence-electron chi connectivity index (χ0n) is 20.4. The van der Waals surface area contributed by atoms with E-state index in [-0.39, 0.29) is 42.4 Å².